The van der Waals surface area contributed by atoms with Crippen LogP contribution < -0.4 is 0 Å². The van der Waals surface area contributed by atoms with Crippen molar-refractivity contribution >= 4 is 5.78 Å². The molecule has 0 heterocycles. The molecule has 2 rings (SSSR count). The van der Waals surface area contributed by atoms with Crippen LogP contribution in [0.4, 0.5) is 0 Å². The summed E-state index contributed by atoms with van der Waals surface area (Å²) in [4.78, 5) is 14.8. The molecule has 0 aromatic heterocycles. The summed E-state index contributed by atoms with van der Waals surface area (Å²) in [5.41, 5.74) is 0. The summed E-state index contributed by atoms with van der Waals surface area (Å²) in [5, 5.41) is 0. The van der Waals surface area contributed by atoms with E-state index in [4.69, 9.17) is 0 Å². The summed E-state index contributed by atoms with van der Waals surface area (Å²) in [6, 6.07) is 0.768. The van der Waals surface area contributed by atoms with E-state index in [2.05, 4.69) is 18.7 Å². The molecular weight excluding hydrogens is 234 g/mol. The zero-order valence-corrected chi connectivity index (χ0v) is 12.9. The van der Waals surface area contributed by atoms with E-state index >= 15 is 0 Å². The van der Waals surface area contributed by atoms with Gasteiger partial charge in [-0.1, -0.05) is 39.5 Å². The van der Waals surface area contributed by atoms with Crippen LogP contribution >= 0.6 is 0 Å². The van der Waals surface area contributed by atoms with Gasteiger partial charge in [0.05, 0.1) is 0 Å². The molecule has 0 bridgehead atoms. The van der Waals surface area contributed by atoms with Crippen LogP contribution in [-0.4, -0.2) is 29.8 Å². The first-order valence-corrected chi connectivity index (χ1v) is 8.51. The second-order valence-corrected chi connectivity index (χ2v) is 6.62. The molecule has 0 aromatic rings. The highest BCUT2D eigenvalue weighted by molar-refractivity contribution is 5.81. The topological polar surface area (TPSA) is 20.3 Å². The van der Waals surface area contributed by atoms with Gasteiger partial charge in [-0.05, 0) is 38.1 Å². The number of carbonyl (C=O) groups is 1. The van der Waals surface area contributed by atoms with Crippen LogP contribution in [0, 0.1) is 11.8 Å². The molecule has 2 unspecified atom stereocenters. The van der Waals surface area contributed by atoms with Gasteiger partial charge in [0, 0.05) is 24.9 Å². The first-order chi connectivity index (χ1) is 9.24. The highest BCUT2D eigenvalue weighted by Gasteiger charge is 2.31. The second kappa shape index (κ2) is 7.42. The third-order valence-electron chi connectivity index (χ3n) is 5.27. The van der Waals surface area contributed by atoms with E-state index in [1.54, 1.807) is 0 Å². The van der Waals surface area contributed by atoms with Crippen LogP contribution in [0.3, 0.4) is 0 Å². The fraction of sp³-hybridized carbons (Fsp3) is 0.941. The van der Waals surface area contributed by atoms with Crippen molar-refractivity contribution < 1.29 is 4.79 Å². The van der Waals surface area contributed by atoms with E-state index in [9.17, 15) is 4.79 Å². The quantitative estimate of drug-likeness (QED) is 0.722. The molecule has 2 nitrogen and oxygen atoms in total. The van der Waals surface area contributed by atoms with Crippen molar-refractivity contribution in [3.63, 3.8) is 0 Å². The normalized spacial score (nSPS) is 29.3. The molecule has 0 N–H and O–H groups in total. The van der Waals surface area contributed by atoms with Gasteiger partial charge >= 0.3 is 0 Å². The van der Waals surface area contributed by atoms with E-state index in [0.717, 1.165) is 44.3 Å². The highest BCUT2D eigenvalue weighted by Crippen LogP contribution is 2.32. The first kappa shape index (κ1) is 15.0. The SMILES string of the molecule is CCCC1CCC(=O)C(CN(CC)C2CCCC2)C1. The number of Topliss-reactive ketones (excluding diaryl/α,β-unsaturated/α-hetero) is 1. The van der Waals surface area contributed by atoms with Crippen molar-refractivity contribution in [2.45, 2.75) is 77.7 Å². The Labute approximate surface area is 118 Å². The Kier molecular flexibility index (Phi) is 5.87. The number of nitrogens with zero attached hydrogens (tertiary/aromatic N) is 1. The average Bonchev–Trinajstić information content (AvgIpc) is 2.93. The molecule has 0 aliphatic heterocycles. The molecule has 19 heavy (non-hydrogen) atoms. The standard InChI is InChI=1S/C17H31NO/c1-3-7-14-10-11-17(19)15(12-14)13-18(4-2)16-8-5-6-9-16/h14-16H,3-13H2,1-2H3. The van der Waals surface area contributed by atoms with Crippen LogP contribution in [0.5, 0.6) is 0 Å². The van der Waals surface area contributed by atoms with Gasteiger partial charge < -0.3 is 0 Å². The molecule has 2 fully saturated rings. The third kappa shape index (κ3) is 4.05. The minimum Gasteiger partial charge on any atom is -0.300 e. The molecule has 0 saturated heterocycles. The lowest BCUT2D eigenvalue weighted by molar-refractivity contribution is -0.126. The molecule has 2 saturated carbocycles. The first-order valence-electron chi connectivity index (χ1n) is 8.51. The van der Waals surface area contributed by atoms with E-state index in [0.29, 0.717) is 11.7 Å². The Morgan fingerprint density at radius 2 is 1.89 bits per heavy atom. The smallest absolute Gasteiger partial charge is 0.137 e. The maximum absolute atomic E-state index is 12.2. The molecule has 2 atom stereocenters. The fourth-order valence-corrected chi connectivity index (χ4v) is 4.14. The van der Waals surface area contributed by atoms with Crippen LogP contribution in [0.1, 0.15) is 71.6 Å². The maximum atomic E-state index is 12.2. The Hall–Kier alpha value is -0.370. The van der Waals surface area contributed by atoms with E-state index < -0.39 is 0 Å². The number of hydrogen-bond acceptors (Lipinski definition) is 2. The number of rotatable bonds is 6. The summed E-state index contributed by atoms with van der Waals surface area (Å²) in [6.45, 7) is 6.69. The maximum Gasteiger partial charge on any atom is 0.137 e. The Balaban J connectivity index is 1.88. The summed E-state index contributed by atoms with van der Waals surface area (Å²) in [6.07, 6.45) is 11.2. The van der Waals surface area contributed by atoms with Crippen molar-refractivity contribution in [3.05, 3.63) is 0 Å². The van der Waals surface area contributed by atoms with Crippen molar-refractivity contribution in [2.24, 2.45) is 11.8 Å². The van der Waals surface area contributed by atoms with E-state index in [-0.39, 0.29) is 0 Å². The molecule has 0 spiro atoms. The van der Waals surface area contributed by atoms with Crippen LogP contribution in [0.25, 0.3) is 0 Å². The fourth-order valence-electron chi connectivity index (χ4n) is 4.14. The molecular formula is C17H31NO. The Morgan fingerprint density at radius 1 is 1.16 bits per heavy atom. The monoisotopic (exact) mass is 265 g/mol. The zero-order valence-electron chi connectivity index (χ0n) is 12.9. The lowest BCUT2D eigenvalue weighted by Gasteiger charge is -2.34. The molecule has 2 aliphatic carbocycles. The Bertz CT molecular complexity index is 283. The highest BCUT2D eigenvalue weighted by atomic mass is 16.1. The van der Waals surface area contributed by atoms with Gasteiger partial charge in [-0.2, -0.15) is 0 Å². The average molecular weight is 265 g/mol. The van der Waals surface area contributed by atoms with Crippen LogP contribution in [-0.2, 0) is 4.79 Å². The lowest BCUT2D eigenvalue weighted by Crippen LogP contribution is -2.41. The van der Waals surface area contributed by atoms with Crippen molar-refractivity contribution in [1.82, 2.24) is 4.90 Å². The van der Waals surface area contributed by atoms with Crippen LogP contribution in [0.15, 0.2) is 0 Å². The minimum absolute atomic E-state index is 0.339. The Morgan fingerprint density at radius 3 is 2.53 bits per heavy atom. The molecule has 110 valence electrons. The van der Waals surface area contributed by atoms with Crippen molar-refractivity contribution in [3.8, 4) is 0 Å². The van der Waals surface area contributed by atoms with E-state index in [1.807, 2.05) is 0 Å². The van der Waals surface area contributed by atoms with E-state index in [1.165, 1.54) is 38.5 Å². The van der Waals surface area contributed by atoms with Crippen LogP contribution in [0.2, 0.25) is 0 Å². The zero-order chi connectivity index (χ0) is 13.7. The van der Waals surface area contributed by atoms with Crippen molar-refractivity contribution in [2.75, 3.05) is 13.1 Å². The number of carbonyl (C=O) groups excluding carboxylic acids is 1. The number of hydrogen-bond donors (Lipinski definition) is 0. The number of ketones is 1. The van der Waals surface area contributed by atoms with Gasteiger partial charge in [0.25, 0.3) is 0 Å². The molecule has 0 radical (unpaired) electrons. The second-order valence-electron chi connectivity index (χ2n) is 6.62. The molecule has 2 aliphatic rings. The lowest BCUT2D eigenvalue weighted by atomic mass is 9.78. The summed E-state index contributed by atoms with van der Waals surface area (Å²) in [5.74, 6) is 1.70. The predicted octanol–water partition coefficient (Wildman–Crippen LogP) is 4.04. The van der Waals surface area contributed by atoms with Crippen molar-refractivity contribution in [1.29, 1.82) is 0 Å². The molecule has 0 amide bonds. The van der Waals surface area contributed by atoms with Gasteiger partial charge in [0.1, 0.15) is 5.78 Å². The van der Waals surface area contributed by atoms with Gasteiger partial charge in [0.15, 0.2) is 0 Å². The summed E-state index contributed by atoms with van der Waals surface area (Å²) in [7, 11) is 0. The van der Waals surface area contributed by atoms with Gasteiger partial charge in [-0.3, -0.25) is 9.69 Å². The third-order valence-corrected chi connectivity index (χ3v) is 5.27. The largest absolute Gasteiger partial charge is 0.300 e. The van der Waals surface area contributed by atoms with Gasteiger partial charge in [0.2, 0.25) is 0 Å². The minimum atomic E-state index is 0.339. The molecule has 2 heteroatoms. The van der Waals surface area contributed by atoms with Gasteiger partial charge in [-0.15, -0.1) is 0 Å². The predicted molar refractivity (Wildman–Crippen MR) is 80.2 cm³/mol. The summed E-state index contributed by atoms with van der Waals surface area (Å²) < 4.78 is 0. The summed E-state index contributed by atoms with van der Waals surface area (Å²) >= 11 is 0. The van der Waals surface area contributed by atoms with Gasteiger partial charge in [-0.25, -0.2) is 0 Å². The molecule has 0 aromatic carbocycles.